The van der Waals surface area contributed by atoms with Crippen LogP contribution in [0.2, 0.25) is 0 Å². The van der Waals surface area contributed by atoms with Crippen LogP contribution in [0.1, 0.15) is 6.92 Å². The minimum atomic E-state index is -4.66. The van der Waals surface area contributed by atoms with Gasteiger partial charge in [0.1, 0.15) is 5.75 Å². The van der Waals surface area contributed by atoms with Gasteiger partial charge in [-0.2, -0.15) is 0 Å². The van der Waals surface area contributed by atoms with E-state index in [1.165, 1.54) is 24.3 Å². The van der Waals surface area contributed by atoms with Gasteiger partial charge in [0.05, 0.1) is 6.54 Å². The number of hydrogen-bond donors (Lipinski definition) is 1. The average Bonchev–Trinajstić information content (AvgIpc) is 2.65. The van der Waals surface area contributed by atoms with Gasteiger partial charge >= 0.3 is 6.36 Å². The van der Waals surface area contributed by atoms with E-state index in [1.54, 1.807) is 11.8 Å². The summed E-state index contributed by atoms with van der Waals surface area (Å²) < 4.78 is 39.6. The molecule has 1 aliphatic heterocycles. The predicted molar refractivity (Wildman–Crippen MR) is 66.1 cm³/mol. The van der Waals surface area contributed by atoms with E-state index in [4.69, 9.17) is 0 Å². The summed E-state index contributed by atoms with van der Waals surface area (Å²) in [4.78, 5) is 4.25. The lowest BCUT2D eigenvalue weighted by molar-refractivity contribution is -0.274. The number of nitrogens with one attached hydrogen (secondary N) is 1. The number of rotatable bonds is 2. The zero-order valence-corrected chi connectivity index (χ0v) is 10.3. The molecular formula is C11H11F3N2OS. The van der Waals surface area contributed by atoms with Crippen molar-refractivity contribution in [3.8, 4) is 5.75 Å². The molecule has 0 saturated carbocycles. The first-order valence-electron chi connectivity index (χ1n) is 5.26. The molecule has 98 valence electrons. The predicted octanol–water partition coefficient (Wildman–Crippen LogP) is 3.49. The Morgan fingerprint density at radius 1 is 1.33 bits per heavy atom. The Bertz CT molecular complexity index is 445. The van der Waals surface area contributed by atoms with Gasteiger partial charge in [-0.25, -0.2) is 0 Å². The van der Waals surface area contributed by atoms with Crippen molar-refractivity contribution < 1.29 is 17.9 Å². The maximum absolute atomic E-state index is 12.0. The van der Waals surface area contributed by atoms with Crippen LogP contribution in [-0.2, 0) is 0 Å². The van der Waals surface area contributed by atoms with E-state index >= 15 is 0 Å². The molecule has 0 saturated heterocycles. The molecule has 0 radical (unpaired) electrons. The molecule has 7 heteroatoms. The van der Waals surface area contributed by atoms with Crippen LogP contribution in [0, 0.1) is 0 Å². The van der Waals surface area contributed by atoms with Crippen molar-refractivity contribution >= 4 is 22.6 Å². The zero-order valence-electron chi connectivity index (χ0n) is 9.49. The minimum absolute atomic E-state index is 0.234. The van der Waals surface area contributed by atoms with Gasteiger partial charge in [0.15, 0.2) is 5.17 Å². The van der Waals surface area contributed by atoms with Gasteiger partial charge in [-0.3, -0.25) is 4.99 Å². The van der Waals surface area contributed by atoms with Crippen molar-refractivity contribution in [3.05, 3.63) is 24.3 Å². The van der Waals surface area contributed by atoms with Crippen LogP contribution >= 0.6 is 11.8 Å². The summed E-state index contributed by atoms with van der Waals surface area (Å²) in [5.74, 6) is -0.234. The van der Waals surface area contributed by atoms with E-state index in [9.17, 15) is 13.2 Å². The molecule has 0 unspecified atom stereocenters. The molecule has 1 N–H and O–H groups in total. The number of anilines is 1. The Labute approximate surface area is 106 Å². The number of halogens is 3. The van der Waals surface area contributed by atoms with Crippen LogP contribution in [0.3, 0.4) is 0 Å². The average molecular weight is 276 g/mol. The molecule has 0 aromatic heterocycles. The normalized spacial score (nSPS) is 19.6. The zero-order chi connectivity index (χ0) is 13.2. The summed E-state index contributed by atoms with van der Waals surface area (Å²) in [6.45, 7) is 2.81. The second-order valence-corrected chi connectivity index (χ2v) is 5.20. The maximum atomic E-state index is 12.0. The first-order valence-corrected chi connectivity index (χ1v) is 6.14. The Morgan fingerprint density at radius 3 is 2.50 bits per heavy atom. The molecule has 0 bridgehead atoms. The van der Waals surface area contributed by atoms with Gasteiger partial charge in [-0.15, -0.1) is 13.2 Å². The Morgan fingerprint density at radius 2 is 2.00 bits per heavy atom. The van der Waals surface area contributed by atoms with Crippen molar-refractivity contribution in [2.24, 2.45) is 4.99 Å². The third-order valence-electron chi connectivity index (χ3n) is 2.14. The number of hydrogen-bond acceptors (Lipinski definition) is 4. The van der Waals surface area contributed by atoms with E-state index in [1.807, 2.05) is 0 Å². The van der Waals surface area contributed by atoms with Gasteiger partial charge in [-0.1, -0.05) is 18.7 Å². The van der Waals surface area contributed by atoms with Crippen LogP contribution in [0.5, 0.6) is 5.75 Å². The van der Waals surface area contributed by atoms with Crippen molar-refractivity contribution in [3.63, 3.8) is 0 Å². The van der Waals surface area contributed by atoms with Crippen molar-refractivity contribution in [2.45, 2.75) is 18.5 Å². The monoisotopic (exact) mass is 276 g/mol. The fourth-order valence-corrected chi connectivity index (χ4v) is 2.27. The quantitative estimate of drug-likeness (QED) is 0.897. The van der Waals surface area contributed by atoms with Gasteiger partial charge < -0.3 is 10.1 Å². The van der Waals surface area contributed by atoms with Crippen LogP contribution in [0.15, 0.2) is 29.3 Å². The second kappa shape index (κ2) is 5.09. The molecule has 1 aliphatic rings. The molecule has 18 heavy (non-hydrogen) atoms. The van der Waals surface area contributed by atoms with E-state index in [-0.39, 0.29) is 5.75 Å². The Kier molecular flexibility index (Phi) is 3.70. The lowest BCUT2D eigenvalue weighted by Crippen LogP contribution is -2.17. The summed E-state index contributed by atoms with van der Waals surface area (Å²) in [6, 6.07) is 5.57. The van der Waals surface area contributed by atoms with Gasteiger partial charge in [0.25, 0.3) is 0 Å². The highest BCUT2D eigenvalue weighted by Crippen LogP contribution is 2.26. The minimum Gasteiger partial charge on any atom is -0.406 e. The molecule has 0 fully saturated rings. The largest absolute Gasteiger partial charge is 0.573 e. The molecule has 0 aliphatic carbocycles. The van der Waals surface area contributed by atoms with E-state index < -0.39 is 6.36 Å². The lowest BCUT2D eigenvalue weighted by Gasteiger charge is -2.10. The first-order chi connectivity index (χ1) is 8.42. The molecule has 1 heterocycles. The van der Waals surface area contributed by atoms with Gasteiger partial charge in [-0.05, 0) is 24.3 Å². The number of nitrogens with zero attached hydrogens (tertiary/aromatic N) is 1. The SMILES string of the molecule is C[C@H]1CN=C(Nc2ccc(OC(F)(F)F)cc2)S1. The van der Waals surface area contributed by atoms with Crippen LogP contribution in [0.25, 0.3) is 0 Å². The highest BCUT2D eigenvalue weighted by atomic mass is 32.2. The van der Waals surface area contributed by atoms with Gasteiger partial charge in [0.2, 0.25) is 0 Å². The highest BCUT2D eigenvalue weighted by Gasteiger charge is 2.30. The van der Waals surface area contributed by atoms with Crippen molar-refractivity contribution in [1.29, 1.82) is 0 Å². The molecule has 1 aromatic rings. The van der Waals surface area contributed by atoms with E-state index in [0.717, 1.165) is 11.7 Å². The number of amidine groups is 1. The van der Waals surface area contributed by atoms with E-state index in [0.29, 0.717) is 10.9 Å². The molecule has 0 amide bonds. The lowest BCUT2D eigenvalue weighted by atomic mass is 10.3. The number of ether oxygens (including phenoxy) is 1. The van der Waals surface area contributed by atoms with Crippen molar-refractivity contribution in [2.75, 3.05) is 11.9 Å². The summed E-state index contributed by atoms with van der Waals surface area (Å²) >= 11 is 1.60. The summed E-state index contributed by atoms with van der Waals surface area (Å²) in [5, 5.41) is 4.25. The molecular weight excluding hydrogens is 265 g/mol. The molecule has 3 nitrogen and oxygen atoms in total. The van der Waals surface area contributed by atoms with Crippen LogP contribution in [0.4, 0.5) is 18.9 Å². The highest BCUT2D eigenvalue weighted by molar-refractivity contribution is 8.15. The fourth-order valence-electron chi connectivity index (χ4n) is 1.41. The molecule has 1 aromatic carbocycles. The Hall–Kier alpha value is -1.37. The molecule has 2 rings (SSSR count). The maximum Gasteiger partial charge on any atom is 0.573 e. The third-order valence-corrected chi connectivity index (χ3v) is 3.15. The third kappa shape index (κ3) is 3.83. The van der Waals surface area contributed by atoms with Gasteiger partial charge in [0, 0.05) is 10.9 Å². The summed E-state index contributed by atoms with van der Waals surface area (Å²) in [5.41, 5.74) is 0.685. The Balaban J connectivity index is 1.96. The number of benzene rings is 1. The van der Waals surface area contributed by atoms with Crippen molar-refractivity contribution in [1.82, 2.24) is 0 Å². The topological polar surface area (TPSA) is 33.6 Å². The first kappa shape index (κ1) is 13.1. The van der Waals surface area contributed by atoms with E-state index in [2.05, 4.69) is 22.0 Å². The van der Waals surface area contributed by atoms with Crippen LogP contribution in [-0.4, -0.2) is 23.3 Å². The standard InChI is InChI=1S/C11H11F3N2OS/c1-7-6-15-10(18-7)16-8-2-4-9(5-3-8)17-11(12,13)14/h2-5,7H,6H2,1H3,(H,15,16)/t7-/m0/s1. The molecule has 0 spiro atoms. The summed E-state index contributed by atoms with van der Waals surface area (Å²) in [7, 11) is 0. The summed E-state index contributed by atoms with van der Waals surface area (Å²) in [6.07, 6.45) is -4.66. The smallest absolute Gasteiger partial charge is 0.406 e. The van der Waals surface area contributed by atoms with Crippen LogP contribution < -0.4 is 10.1 Å². The number of thioether (sulfide) groups is 1. The second-order valence-electron chi connectivity index (χ2n) is 3.77. The number of aliphatic imine (C=N–C) groups is 1. The fraction of sp³-hybridized carbons (Fsp3) is 0.364. The number of alkyl halides is 3. The molecule has 1 atom stereocenters.